The molecule has 1 amide bonds. The molecule has 1 aromatic carbocycles. The van der Waals surface area contributed by atoms with E-state index in [1.165, 1.54) is 0 Å². The maximum atomic E-state index is 14.8. The lowest BCUT2D eigenvalue weighted by molar-refractivity contribution is -0.125. The molecule has 10 nitrogen and oxygen atoms in total. The van der Waals surface area contributed by atoms with Gasteiger partial charge < -0.3 is 29.2 Å². The number of fused-ring (bicyclic) bond motifs is 3. The fourth-order valence-corrected chi connectivity index (χ4v) is 3.96. The second-order valence-corrected chi connectivity index (χ2v) is 9.52. The first-order chi connectivity index (χ1) is 18.1. The third-order valence-corrected chi connectivity index (χ3v) is 5.68. The average Bonchev–Trinajstić information content (AvgIpc) is 3.22. The second-order valence-electron chi connectivity index (χ2n) is 9.52. The minimum absolute atomic E-state index is 0.101. The Morgan fingerprint density at radius 3 is 2.53 bits per heavy atom. The van der Waals surface area contributed by atoms with E-state index in [2.05, 4.69) is 15.3 Å². The number of aromatic nitrogens is 3. The molecule has 0 radical (unpaired) electrons. The standard InChI is InChI=1S/C27H37FN4O6/c1-5-36-13-14-38-15-18(33)11-12-20(28)26(34)31-25-23-24(19-9-7-8-10-21(19)29-25)32(17-27(3,4)35)22(30-23)16-37-6-2/h7-10,20,35H,5-6,11-17H2,1-4H3,(H,29,31,34)/t20-/m1/s1. The van der Waals surface area contributed by atoms with Gasteiger partial charge in [0.15, 0.2) is 17.8 Å². The summed E-state index contributed by atoms with van der Waals surface area (Å²) in [6.07, 6.45) is -2.34. The lowest BCUT2D eigenvalue weighted by Crippen LogP contribution is -2.27. The van der Waals surface area contributed by atoms with Gasteiger partial charge in [0.05, 0.1) is 36.4 Å². The number of pyridine rings is 1. The molecule has 0 bridgehead atoms. The molecule has 38 heavy (non-hydrogen) atoms. The molecule has 11 heteroatoms. The number of hydrogen-bond acceptors (Lipinski definition) is 8. The first-order valence-electron chi connectivity index (χ1n) is 12.8. The summed E-state index contributed by atoms with van der Waals surface area (Å²) < 4.78 is 32.6. The van der Waals surface area contributed by atoms with E-state index in [0.29, 0.717) is 42.2 Å². The van der Waals surface area contributed by atoms with Gasteiger partial charge in [0.25, 0.3) is 5.91 Å². The normalized spacial score (nSPS) is 12.8. The number of alkyl halides is 1. The van der Waals surface area contributed by atoms with E-state index in [1.807, 2.05) is 36.6 Å². The maximum absolute atomic E-state index is 14.8. The van der Waals surface area contributed by atoms with Crippen LogP contribution in [-0.2, 0) is 37.0 Å². The van der Waals surface area contributed by atoms with Crippen molar-refractivity contribution < 1.29 is 33.3 Å². The molecule has 2 N–H and O–H groups in total. The van der Waals surface area contributed by atoms with E-state index in [1.54, 1.807) is 19.9 Å². The molecule has 3 aromatic rings. The summed E-state index contributed by atoms with van der Waals surface area (Å²) in [5, 5.41) is 13.9. The SMILES string of the molecule is CCOCCOCC(=O)CC[C@@H](F)C(=O)Nc1nc2ccccc2c2c1nc(COCC)n2CC(C)(C)O. The van der Waals surface area contributed by atoms with Crippen molar-refractivity contribution in [1.29, 1.82) is 0 Å². The van der Waals surface area contributed by atoms with Gasteiger partial charge in [-0.3, -0.25) is 9.59 Å². The van der Waals surface area contributed by atoms with Crippen LogP contribution < -0.4 is 5.32 Å². The van der Waals surface area contributed by atoms with Gasteiger partial charge in [-0.05, 0) is 40.2 Å². The minimum atomic E-state index is -1.92. The highest BCUT2D eigenvalue weighted by atomic mass is 19.1. The molecule has 0 aliphatic carbocycles. The van der Waals surface area contributed by atoms with Crippen LogP contribution in [-0.4, -0.2) is 76.1 Å². The zero-order valence-corrected chi connectivity index (χ0v) is 22.5. The van der Waals surface area contributed by atoms with Crippen LogP contribution in [0, 0.1) is 0 Å². The number of aliphatic hydroxyl groups is 1. The number of halogens is 1. The van der Waals surface area contributed by atoms with Crippen molar-refractivity contribution in [2.75, 3.05) is 38.4 Å². The summed E-state index contributed by atoms with van der Waals surface area (Å²) in [6.45, 7) is 9.02. The third-order valence-electron chi connectivity index (χ3n) is 5.68. The smallest absolute Gasteiger partial charge is 0.260 e. The molecular weight excluding hydrogens is 495 g/mol. The van der Waals surface area contributed by atoms with Crippen LogP contribution in [0.1, 0.15) is 46.4 Å². The number of ketones is 1. The zero-order valence-electron chi connectivity index (χ0n) is 22.5. The van der Waals surface area contributed by atoms with Crippen molar-refractivity contribution in [3.05, 3.63) is 30.1 Å². The van der Waals surface area contributed by atoms with Crippen LogP contribution in [0.2, 0.25) is 0 Å². The molecule has 0 unspecified atom stereocenters. The number of para-hydroxylation sites is 1. The fraction of sp³-hybridized carbons (Fsp3) is 0.556. The molecule has 0 saturated carbocycles. The van der Waals surface area contributed by atoms with Crippen molar-refractivity contribution in [2.24, 2.45) is 0 Å². The van der Waals surface area contributed by atoms with Crippen LogP contribution in [0.4, 0.5) is 10.2 Å². The lowest BCUT2D eigenvalue weighted by Gasteiger charge is -2.20. The van der Waals surface area contributed by atoms with Crippen LogP contribution in [0.5, 0.6) is 0 Å². The van der Waals surface area contributed by atoms with Gasteiger partial charge in [0.2, 0.25) is 0 Å². The maximum Gasteiger partial charge on any atom is 0.260 e. The van der Waals surface area contributed by atoms with E-state index < -0.39 is 17.7 Å². The number of ether oxygens (including phenoxy) is 3. The van der Waals surface area contributed by atoms with Gasteiger partial charge in [-0.1, -0.05) is 18.2 Å². The number of benzene rings is 1. The Hall–Kier alpha value is -2.99. The van der Waals surface area contributed by atoms with Crippen LogP contribution in [0.15, 0.2) is 24.3 Å². The third kappa shape index (κ3) is 8.00. The number of nitrogens with one attached hydrogen (secondary N) is 1. The molecule has 0 spiro atoms. The molecule has 2 aromatic heterocycles. The van der Waals surface area contributed by atoms with E-state index in [9.17, 15) is 19.1 Å². The fourth-order valence-electron chi connectivity index (χ4n) is 3.96. The summed E-state index contributed by atoms with van der Waals surface area (Å²) in [4.78, 5) is 34.0. The van der Waals surface area contributed by atoms with Gasteiger partial charge in [-0.25, -0.2) is 14.4 Å². The Labute approximate surface area is 221 Å². The Balaban J connectivity index is 1.83. The molecule has 0 aliphatic rings. The molecule has 2 heterocycles. The number of amides is 1. The average molecular weight is 533 g/mol. The number of carbonyl (C=O) groups excluding carboxylic acids is 2. The molecule has 0 aliphatic heterocycles. The first kappa shape index (κ1) is 29.6. The van der Waals surface area contributed by atoms with Crippen molar-refractivity contribution in [3.8, 4) is 0 Å². The lowest BCUT2D eigenvalue weighted by atomic mass is 10.1. The zero-order chi connectivity index (χ0) is 27.7. The highest BCUT2D eigenvalue weighted by Gasteiger charge is 2.25. The van der Waals surface area contributed by atoms with Gasteiger partial charge in [0.1, 0.15) is 24.6 Å². The predicted molar refractivity (Wildman–Crippen MR) is 142 cm³/mol. The Bertz CT molecular complexity index is 1240. The van der Waals surface area contributed by atoms with E-state index in [0.717, 1.165) is 5.39 Å². The Kier molecular flexibility index (Phi) is 10.7. The number of carbonyl (C=O) groups is 2. The number of hydrogen-bond donors (Lipinski definition) is 2. The highest BCUT2D eigenvalue weighted by molar-refractivity contribution is 6.10. The molecule has 0 saturated heterocycles. The first-order valence-corrected chi connectivity index (χ1v) is 12.8. The minimum Gasteiger partial charge on any atom is -0.389 e. The van der Waals surface area contributed by atoms with Gasteiger partial charge in [0, 0.05) is 25.0 Å². The van der Waals surface area contributed by atoms with E-state index >= 15 is 0 Å². The molecular formula is C27H37FN4O6. The second kappa shape index (κ2) is 13.7. The van der Waals surface area contributed by atoms with Crippen molar-refractivity contribution in [3.63, 3.8) is 0 Å². The number of Topliss-reactive ketones (excluding diaryl/α,β-unsaturated/α-hetero) is 1. The van der Waals surface area contributed by atoms with Gasteiger partial charge >= 0.3 is 0 Å². The quantitative estimate of drug-likeness (QED) is 0.268. The monoisotopic (exact) mass is 532 g/mol. The van der Waals surface area contributed by atoms with Crippen LogP contribution >= 0.6 is 0 Å². The number of rotatable bonds is 16. The number of anilines is 1. The van der Waals surface area contributed by atoms with Crippen LogP contribution in [0.3, 0.4) is 0 Å². The molecule has 208 valence electrons. The van der Waals surface area contributed by atoms with Crippen molar-refractivity contribution in [2.45, 2.75) is 65.5 Å². The highest BCUT2D eigenvalue weighted by Crippen LogP contribution is 2.31. The summed E-state index contributed by atoms with van der Waals surface area (Å²) in [5.41, 5.74) is 0.524. The topological polar surface area (TPSA) is 125 Å². The van der Waals surface area contributed by atoms with Gasteiger partial charge in [-0.2, -0.15) is 0 Å². The van der Waals surface area contributed by atoms with Crippen molar-refractivity contribution >= 4 is 39.4 Å². The van der Waals surface area contributed by atoms with E-state index in [-0.39, 0.29) is 50.8 Å². The molecule has 0 fully saturated rings. The number of imidazole rings is 1. The summed E-state index contributed by atoms with van der Waals surface area (Å²) >= 11 is 0. The number of nitrogens with zero attached hydrogens (tertiary/aromatic N) is 3. The summed E-state index contributed by atoms with van der Waals surface area (Å²) in [7, 11) is 0. The Morgan fingerprint density at radius 1 is 1.11 bits per heavy atom. The Morgan fingerprint density at radius 2 is 1.82 bits per heavy atom. The van der Waals surface area contributed by atoms with Gasteiger partial charge in [-0.15, -0.1) is 0 Å². The molecule has 1 atom stereocenters. The summed E-state index contributed by atoms with van der Waals surface area (Å²) in [6, 6.07) is 7.33. The predicted octanol–water partition coefficient (Wildman–Crippen LogP) is 3.57. The molecule has 3 rings (SSSR count). The summed E-state index contributed by atoms with van der Waals surface area (Å²) in [5.74, 6) is -0.565. The largest absolute Gasteiger partial charge is 0.389 e. The van der Waals surface area contributed by atoms with E-state index in [4.69, 9.17) is 14.2 Å². The van der Waals surface area contributed by atoms with Crippen molar-refractivity contribution in [1.82, 2.24) is 14.5 Å². The van der Waals surface area contributed by atoms with Crippen LogP contribution in [0.25, 0.3) is 21.9 Å².